The first-order valence-corrected chi connectivity index (χ1v) is 7.44. The first-order chi connectivity index (χ1) is 8.50. The Balaban J connectivity index is 2.20. The fourth-order valence-electron chi connectivity index (χ4n) is 2.24. The number of hydrogen-bond acceptors (Lipinski definition) is 4. The molecule has 0 aromatic carbocycles. The van der Waals surface area contributed by atoms with E-state index in [0.717, 1.165) is 45.0 Å². The van der Waals surface area contributed by atoms with Crippen molar-refractivity contribution in [3.05, 3.63) is 10.5 Å². The van der Waals surface area contributed by atoms with Gasteiger partial charge in [0.2, 0.25) is 0 Å². The summed E-state index contributed by atoms with van der Waals surface area (Å²) in [5.74, 6) is -1.23. The summed E-state index contributed by atoms with van der Waals surface area (Å²) >= 11 is 0. The van der Waals surface area contributed by atoms with E-state index in [2.05, 4.69) is 4.40 Å². The molecule has 0 radical (unpaired) electrons. The number of likely N-dealkylation sites (tertiary alicyclic amines) is 1. The van der Waals surface area contributed by atoms with Gasteiger partial charge in [0, 0.05) is 6.54 Å². The molecule has 1 saturated heterocycles. The lowest BCUT2D eigenvalue weighted by Crippen LogP contribution is -2.29. The summed E-state index contributed by atoms with van der Waals surface area (Å²) in [6, 6.07) is 0. The van der Waals surface area contributed by atoms with Gasteiger partial charge >= 0.3 is 5.97 Å². The maximum Gasteiger partial charge on any atom is 0.338 e. The molecule has 100 valence electrons. The van der Waals surface area contributed by atoms with Crippen molar-refractivity contribution in [2.45, 2.75) is 25.7 Å². The summed E-state index contributed by atoms with van der Waals surface area (Å²) < 4.78 is 26.7. The van der Waals surface area contributed by atoms with Crippen molar-refractivity contribution in [2.24, 2.45) is 4.40 Å². The molecule has 0 aromatic rings. The zero-order valence-corrected chi connectivity index (χ0v) is 10.8. The normalized spacial score (nSPS) is 24.2. The number of carbonyl (C=O) groups is 1. The zero-order chi connectivity index (χ0) is 13.2. The second-order valence-corrected chi connectivity index (χ2v) is 6.20. The fourth-order valence-corrected chi connectivity index (χ4v) is 3.37. The maximum absolute atomic E-state index is 11.7. The smallest absolute Gasteiger partial charge is 0.338 e. The molecular weight excluding hydrogens is 256 g/mol. The average Bonchev–Trinajstić information content (AvgIpc) is 2.51. The summed E-state index contributed by atoms with van der Waals surface area (Å²) in [5, 5.41) is 8.97. The number of carboxylic acids is 1. The highest BCUT2D eigenvalue weighted by molar-refractivity contribution is 7.94. The SMILES string of the molecule is O=C(O)C1=C(CN2CCCCCC2)S(=O)(=O)N=C1. The number of nitrogens with zero attached hydrogens (tertiary/aromatic N) is 2. The lowest BCUT2D eigenvalue weighted by atomic mass is 10.2. The molecule has 0 atom stereocenters. The van der Waals surface area contributed by atoms with Gasteiger partial charge in [0.1, 0.15) is 0 Å². The number of carboxylic acid groups (broad SMARTS) is 1. The van der Waals surface area contributed by atoms with E-state index in [1.807, 2.05) is 4.90 Å². The predicted molar refractivity (Wildman–Crippen MR) is 67.0 cm³/mol. The van der Waals surface area contributed by atoms with E-state index < -0.39 is 16.0 Å². The van der Waals surface area contributed by atoms with Crippen LogP contribution in [0.2, 0.25) is 0 Å². The molecule has 18 heavy (non-hydrogen) atoms. The van der Waals surface area contributed by atoms with Crippen LogP contribution in [0.1, 0.15) is 25.7 Å². The van der Waals surface area contributed by atoms with Crippen LogP contribution in [0, 0.1) is 0 Å². The molecular formula is C11H16N2O4S. The van der Waals surface area contributed by atoms with Crippen molar-refractivity contribution in [1.82, 2.24) is 4.90 Å². The number of rotatable bonds is 3. The van der Waals surface area contributed by atoms with Crippen molar-refractivity contribution in [3.8, 4) is 0 Å². The zero-order valence-electron chi connectivity index (χ0n) is 10.0. The Morgan fingerprint density at radius 3 is 2.44 bits per heavy atom. The van der Waals surface area contributed by atoms with Crippen LogP contribution >= 0.6 is 0 Å². The Kier molecular flexibility index (Phi) is 3.82. The maximum atomic E-state index is 11.7. The summed E-state index contributed by atoms with van der Waals surface area (Å²) in [6.45, 7) is 1.78. The van der Waals surface area contributed by atoms with Crippen molar-refractivity contribution < 1.29 is 18.3 Å². The van der Waals surface area contributed by atoms with Gasteiger partial charge in [-0.25, -0.2) is 4.79 Å². The highest BCUT2D eigenvalue weighted by atomic mass is 32.2. The quantitative estimate of drug-likeness (QED) is 0.813. The Morgan fingerprint density at radius 1 is 1.28 bits per heavy atom. The lowest BCUT2D eigenvalue weighted by molar-refractivity contribution is -0.132. The van der Waals surface area contributed by atoms with E-state index in [4.69, 9.17) is 5.11 Å². The minimum Gasteiger partial charge on any atom is -0.478 e. The van der Waals surface area contributed by atoms with E-state index in [-0.39, 0.29) is 17.0 Å². The van der Waals surface area contributed by atoms with Crippen molar-refractivity contribution in [3.63, 3.8) is 0 Å². The largest absolute Gasteiger partial charge is 0.478 e. The molecule has 1 N–H and O–H groups in total. The second kappa shape index (κ2) is 5.19. The van der Waals surface area contributed by atoms with Crippen LogP contribution in [0.5, 0.6) is 0 Å². The van der Waals surface area contributed by atoms with Crippen LogP contribution < -0.4 is 0 Å². The Bertz CT molecular complexity index is 499. The van der Waals surface area contributed by atoms with Gasteiger partial charge in [0.05, 0.1) is 16.7 Å². The van der Waals surface area contributed by atoms with E-state index in [1.54, 1.807) is 0 Å². The Morgan fingerprint density at radius 2 is 1.89 bits per heavy atom. The standard InChI is InChI=1S/C11H16N2O4S/c14-11(15)9-7-12-18(16,17)10(9)8-13-5-3-1-2-4-6-13/h7H,1-6,8H2,(H,14,15). The first kappa shape index (κ1) is 13.2. The number of sulfonamides is 1. The fraction of sp³-hybridized carbons (Fsp3) is 0.636. The Labute approximate surface area is 106 Å². The molecule has 2 heterocycles. The first-order valence-electron chi connectivity index (χ1n) is 6.00. The van der Waals surface area contributed by atoms with Gasteiger partial charge in [0.25, 0.3) is 10.0 Å². The molecule has 2 aliphatic heterocycles. The third-order valence-electron chi connectivity index (χ3n) is 3.23. The molecule has 0 bridgehead atoms. The highest BCUT2D eigenvalue weighted by Crippen LogP contribution is 2.22. The topological polar surface area (TPSA) is 87.0 Å². The van der Waals surface area contributed by atoms with Gasteiger partial charge < -0.3 is 5.11 Å². The molecule has 0 saturated carbocycles. The molecule has 6 nitrogen and oxygen atoms in total. The predicted octanol–water partition coefficient (Wildman–Crippen LogP) is 0.615. The van der Waals surface area contributed by atoms with Crippen LogP contribution in [0.25, 0.3) is 0 Å². The molecule has 0 spiro atoms. The van der Waals surface area contributed by atoms with Crippen LogP contribution in [-0.4, -0.2) is 50.2 Å². The van der Waals surface area contributed by atoms with Gasteiger partial charge in [-0.05, 0) is 25.9 Å². The summed E-state index contributed by atoms with van der Waals surface area (Å²) in [7, 11) is -3.77. The van der Waals surface area contributed by atoms with Gasteiger partial charge in [-0.1, -0.05) is 12.8 Å². The van der Waals surface area contributed by atoms with Crippen molar-refractivity contribution in [2.75, 3.05) is 19.6 Å². The third kappa shape index (κ3) is 2.78. The van der Waals surface area contributed by atoms with E-state index in [0.29, 0.717) is 0 Å². The van der Waals surface area contributed by atoms with Crippen molar-refractivity contribution >= 4 is 22.2 Å². The molecule has 0 aliphatic carbocycles. The monoisotopic (exact) mass is 272 g/mol. The molecule has 0 unspecified atom stereocenters. The van der Waals surface area contributed by atoms with E-state index >= 15 is 0 Å². The summed E-state index contributed by atoms with van der Waals surface area (Å²) in [5.41, 5.74) is -0.195. The second-order valence-electron chi connectivity index (χ2n) is 4.54. The van der Waals surface area contributed by atoms with Crippen LogP contribution in [-0.2, 0) is 14.8 Å². The van der Waals surface area contributed by atoms with Gasteiger partial charge in [0.15, 0.2) is 0 Å². The van der Waals surface area contributed by atoms with Gasteiger partial charge in [-0.3, -0.25) is 4.90 Å². The average molecular weight is 272 g/mol. The lowest BCUT2D eigenvalue weighted by Gasteiger charge is -2.19. The van der Waals surface area contributed by atoms with Crippen molar-refractivity contribution in [1.29, 1.82) is 0 Å². The highest BCUT2D eigenvalue weighted by Gasteiger charge is 2.31. The van der Waals surface area contributed by atoms with E-state index in [9.17, 15) is 13.2 Å². The van der Waals surface area contributed by atoms with Gasteiger partial charge in [-0.15, -0.1) is 0 Å². The van der Waals surface area contributed by atoms with Gasteiger partial charge in [-0.2, -0.15) is 12.8 Å². The third-order valence-corrected chi connectivity index (χ3v) is 4.58. The minimum atomic E-state index is -3.77. The Hall–Kier alpha value is -1.21. The van der Waals surface area contributed by atoms with Crippen LogP contribution in [0.4, 0.5) is 0 Å². The molecule has 7 heteroatoms. The number of aliphatic carboxylic acids is 1. The van der Waals surface area contributed by atoms with Crippen LogP contribution in [0.15, 0.2) is 14.9 Å². The molecule has 2 rings (SSSR count). The number of hydrogen-bond donors (Lipinski definition) is 1. The molecule has 0 aromatic heterocycles. The minimum absolute atomic E-state index is 0.0723. The van der Waals surface area contributed by atoms with E-state index in [1.165, 1.54) is 0 Å². The molecule has 2 aliphatic rings. The van der Waals surface area contributed by atoms with Crippen LogP contribution in [0.3, 0.4) is 0 Å². The summed E-state index contributed by atoms with van der Waals surface area (Å²) in [4.78, 5) is 12.9. The molecule has 1 fully saturated rings. The molecule has 0 amide bonds. The summed E-state index contributed by atoms with van der Waals surface area (Å²) in [6.07, 6.45) is 5.27.